The van der Waals surface area contributed by atoms with Crippen LogP contribution in [0.25, 0.3) is 0 Å². The maximum atomic E-state index is 9.25. The Bertz CT molecular complexity index is 729. The molecule has 0 fully saturated rings. The van der Waals surface area contributed by atoms with Gasteiger partial charge in [-0.2, -0.15) is 5.26 Å². The van der Waals surface area contributed by atoms with Gasteiger partial charge in [0.15, 0.2) is 11.6 Å². The van der Waals surface area contributed by atoms with Crippen LogP contribution >= 0.6 is 0 Å². The van der Waals surface area contributed by atoms with Crippen LogP contribution in [0.2, 0.25) is 0 Å². The van der Waals surface area contributed by atoms with Crippen LogP contribution in [0.3, 0.4) is 0 Å². The van der Waals surface area contributed by atoms with Crippen LogP contribution < -0.4 is 4.90 Å². The van der Waals surface area contributed by atoms with Crippen molar-refractivity contribution in [2.24, 2.45) is 0 Å². The van der Waals surface area contributed by atoms with E-state index < -0.39 is 0 Å². The molecule has 0 spiro atoms. The van der Waals surface area contributed by atoms with Gasteiger partial charge in [0.25, 0.3) is 0 Å². The van der Waals surface area contributed by atoms with Gasteiger partial charge in [-0.15, -0.1) is 0 Å². The number of hydrogen-bond acceptors (Lipinski definition) is 7. The van der Waals surface area contributed by atoms with E-state index in [0.29, 0.717) is 23.0 Å². The second kappa shape index (κ2) is 5.71. The first-order valence-electron chi connectivity index (χ1n) is 6.07. The molecule has 3 aromatic rings. The van der Waals surface area contributed by atoms with Gasteiger partial charge in [0.05, 0.1) is 12.4 Å². The molecule has 0 saturated carbocycles. The number of anilines is 3. The zero-order chi connectivity index (χ0) is 14.5. The van der Waals surface area contributed by atoms with Crippen LogP contribution in [0.4, 0.5) is 17.5 Å². The molecule has 0 aliphatic rings. The standard InChI is InChI=1S/C14H9N7/c15-7-11-8-17-10-20-14(11)21(12-3-1-2-4-18-12)13-9-16-5-6-19-13/h1-6,8-10H. The minimum Gasteiger partial charge on any atom is -0.260 e. The summed E-state index contributed by atoms with van der Waals surface area (Å²) in [6, 6.07) is 7.53. The molecule has 0 saturated heterocycles. The molecular formula is C14H9N7. The lowest BCUT2D eigenvalue weighted by Crippen LogP contribution is -2.16. The first kappa shape index (κ1) is 12.6. The van der Waals surface area contributed by atoms with E-state index in [1.165, 1.54) is 12.5 Å². The summed E-state index contributed by atoms with van der Waals surface area (Å²) < 4.78 is 0. The van der Waals surface area contributed by atoms with Gasteiger partial charge in [-0.25, -0.2) is 19.9 Å². The molecule has 0 unspecified atom stereocenters. The van der Waals surface area contributed by atoms with Gasteiger partial charge in [0.2, 0.25) is 0 Å². The highest BCUT2D eigenvalue weighted by atomic mass is 15.3. The summed E-state index contributed by atoms with van der Waals surface area (Å²) in [5, 5.41) is 9.25. The number of rotatable bonds is 3. The molecular weight excluding hydrogens is 266 g/mol. The molecule has 0 aliphatic heterocycles. The van der Waals surface area contributed by atoms with E-state index in [0.717, 1.165) is 0 Å². The molecule has 3 rings (SSSR count). The van der Waals surface area contributed by atoms with Crippen molar-refractivity contribution in [2.75, 3.05) is 4.90 Å². The van der Waals surface area contributed by atoms with Gasteiger partial charge >= 0.3 is 0 Å². The minimum atomic E-state index is 0.328. The fourth-order valence-corrected chi connectivity index (χ4v) is 1.81. The molecule has 21 heavy (non-hydrogen) atoms. The topological polar surface area (TPSA) is 91.5 Å². The fourth-order valence-electron chi connectivity index (χ4n) is 1.81. The molecule has 0 aromatic carbocycles. The number of nitriles is 1. The van der Waals surface area contributed by atoms with Crippen molar-refractivity contribution in [1.29, 1.82) is 5.26 Å². The maximum absolute atomic E-state index is 9.25. The number of hydrogen-bond donors (Lipinski definition) is 0. The van der Waals surface area contributed by atoms with E-state index in [9.17, 15) is 5.26 Å². The van der Waals surface area contributed by atoms with E-state index in [1.807, 2.05) is 12.1 Å². The average molecular weight is 275 g/mol. The third kappa shape index (κ3) is 2.50. The molecule has 0 radical (unpaired) electrons. The fraction of sp³-hybridized carbons (Fsp3) is 0. The molecule has 3 aromatic heterocycles. The highest BCUT2D eigenvalue weighted by Gasteiger charge is 2.19. The number of aromatic nitrogens is 5. The predicted octanol–water partition coefficient (Wildman–Crippen LogP) is 2.00. The largest absolute Gasteiger partial charge is 0.260 e. The second-order valence-electron chi connectivity index (χ2n) is 3.96. The second-order valence-corrected chi connectivity index (χ2v) is 3.96. The molecule has 0 atom stereocenters. The van der Waals surface area contributed by atoms with Crippen LogP contribution in [0.5, 0.6) is 0 Å². The van der Waals surface area contributed by atoms with E-state index in [-0.39, 0.29) is 0 Å². The Labute approximate surface area is 120 Å². The lowest BCUT2D eigenvalue weighted by molar-refractivity contribution is 1.03. The smallest absolute Gasteiger partial charge is 0.161 e. The highest BCUT2D eigenvalue weighted by molar-refractivity contribution is 5.72. The molecule has 0 bridgehead atoms. The minimum absolute atomic E-state index is 0.328. The predicted molar refractivity (Wildman–Crippen MR) is 74.8 cm³/mol. The molecule has 0 aliphatic carbocycles. The zero-order valence-electron chi connectivity index (χ0n) is 10.8. The lowest BCUT2D eigenvalue weighted by atomic mass is 10.3. The Hall–Kier alpha value is -3.40. The summed E-state index contributed by atoms with van der Waals surface area (Å²) in [6.45, 7) is 0. The normalized spacial score (nSPS) is 9.86. The molecule has 3 heterocycles. The van der Waals surface area contributed by atoms with Crippen molar-refractivity contribution in [3.05, 3.63) is 61.1 Å². The van der Waals surface area contributed by atoms with Crippen molar-refractivity contribution >= 4 is 17.5 Å². The Morgan fingerprint density at radius 2 is 1.81 bits per heavy atom. The molecule has 0 N–H and O–H groups in total. The summed E-state index contributed by atoms with van der Waals surface area (Å²) in [5.74, 6) is 1.52. The van der Waals surface area contributed by atoms with Crippen molar-refractivity contribution in [2.45, 2.75) is 0 Å². The van der Waals surface area contributed by atoms with Gasteiger partial charge < -0.3 is 0 Å². The summed E-state index contributed by atoms with van der Waals surface area (Å²) in [6.07, 6.45) is 9.21. The van der Waals surface area contributed by atoms with Crippen LogP contribution in [-0.4, -0.2) is 24.9 Å². The van der Waals surface area contributed by atoms with E-state index in [2.05, 4.69) is 31.0 Å². The Morgan fingerprint density at radius 3 is 2.52 bits per heavy atom. The van der Waals surface area contributed by atoms with Crippen molar-refractivity contribution in [3.63, 3.8) is 0 Å². The van der Waals surface area contributed by atoms with Crippen LogP contribution in [0.15, 0.2) is 55.5 Å². The Balaban J connectivity index is 2.21. The summed E-state index contributed by atoms with van der Waals surface area (Å²) in [7, 11) is 0. The zero-order valence-corrected chi connectivity index (χ0v) is 10.8. The summed E-state index contributed by atoms with van der Waals surface area (Å²) in [5.41, 5.74) is 0.328. The van der Waals surface area contributed by atoms with Crippen molar-refractivity contribution in [1.82, 2.24) is 24.9 Å². The molecule has 0 amide bonds. The Kier molecular flexibility index (Phi) is 3.43. The third-order valence-corrected chi connectivity index (χ3v) is 2.68. The van der Waals surface area contributed by atoms with E-state index >= 15 is 0 Å². The monoisotopic (exact) mass is 275 g/mol. The van der Waals surface area contributed by atoms with E-state index in [1.54, 1.807) is 35.8 Å². The molecule has 7 nitrogen and oxygen atoms in total. The number of pyridine rings is 1. The van der Waals surface area contributed by atoms with Gasteiger partial charge in [-0.05, 0) is 12.1 Å². The SMILES string of the molecule is N#Cc1cncnc1N(c1ccccn1)c1cnccn1. The first-order chi connectivity index (χ1) is 10.4. The third-order valence-electron chi connectivity index (χ3n) is 2.68. The average Bonchev–Trinajstić information content (AvgIpc) is 2.58. The van der Waals surface area contributed by atoms with Crippen LogP contribution in [0.1, 0.15) is 5.56 Å². The lowest BCUT2D eigenvalue weighted by Gasteiger charge is -2.21. The van der Waals surface area contributed by atoms with Crippen LogP contribution in [-0.2, 0) is 0 Å². The summed E-state index contributed by atoms with van der Waals surface area (Å²) in [4.78, 5) is 22.3. The quantitative estimate of drug-likeness (QED) is 0.721. The molecule has 100 valence electrons. The molecule has 7 heteroatoms. The van der Waals surface area contributed by atoms with Crippen molar-refractivity contribution < 1.29 is 0 Å². The van der Waals surface area contributed by atoms with Crippen molar-refractivity contribution in [3.8, 4) is 6.07 Å². The summed E-state index contributed by atoms with van der Waals surface area (Å²) >= 11 is 0. The van der Waals surface area contributed by atoms with Gasteiger partial charge in [-0.3, -0.25) is 9.88 Å². The number of nitrogens with zero attached hydrogens (tertiary/aromatic N) is 7. The van der Waals surface area contributed by atoms with Gasteiger partial charge in [0.1, 0.15) is 23.8 Å². The van der Waals surface area contributed by atoms with E-state index in [4.69, 9.17) is 0 Å². The highest BCUT2D eigenvalue weighted by Crippen LogP contribution is 2.30. The maximum Gasteiger partial charge on any atom is 0.161 e. The first-order valence-corrected chi connectivity index (χ1v) is 6.07. The van der Waals surface area contributed by atoms with Crippen LogP contribution in [0, 0.1) is 11.3 Å². The van der Waals surface area contributed by atoms with Gasteiger partial charge in [-0.1, -0.05) is 6.07 Å². The Morgan fingerprint density at radius 1 is 0.905 bits per heavy atom. The van der Waals surface area contributed by atoms with Gasteiger partial charge in [0, 0.05) is 18.6 Å².